The predicted octanol–water partition coefficient (Wildman–Crippen LogP) is 3.94. The minimum Gasteiger partial charge on any atom is -0.467 e. The molecule has 0 saturated carbocycles. The first kappa shape index (κ1) is 20.0. The molecule has 3 rings (SSSR count). The number of carbonyl (C=O) groups excluding carboxylic acids is 2. The van der Waals surface area contributed by atoms with Crippen molar-refractivity contribution in [1.82, 2.24) is 10.6 Å². The zero-order valence-corrected chi connectivity index (χ0v) is 17.5. The Morgan fingerprint density at radius 3 is 2.43 bits per heavy atom. The maximum absolute atomic E-state index is 12.2. The van der Waals surface area contributed by atoms with Crippen molar-refractivity contribution < 1.29 is 14.0 Å². The van der Waals surface area contributed by atoms with E-state index in [9.17, 15) is 9.59 Å². The number of hydrogen-bond donors (Lipinski definition) is 3. The molecule has 0 radical (unpaired) electrons. The van der Waals surface area contributed by atoms with Crippen LogP contribution in [0.25, 0.3) is 0 Å². The van der Waals surface area contributed by atoms with Crippen LogP contribution in [0.15, 0.2) is 71.3 Å². The Morgan fingerprint density at radius 1 is 0.964 bits per heavy atom. The average Bonchev–Trinajstić information content (AvgIpc) is 3.20. The zero-order valence-electron chi connectivity index (χ0n) is 14.6. The van der Waals surface area contributed by atoms with E-state index in [2.05, 4.69) is 38.5 Å². The number of amides is 2. The highest BCUT2D eigenvalue weighted by molar-refractivity contribution is 14.1. The van der Waals surface area contributed by atoms with Gasteiger partial charge in [-0.25, -0.2) is 0 Å². The molecule has 3 N–H and O–H groups in total. The lowest BCUT2D eigenvalue weighted by Crippen LogP contribution is -2.34. The molecule has 0 fully saturated rings. The van der Waals surface area contributed by atoms with E-state index in [-0.39, 0.29) is 16.9 Å². The van der Waals surface area contributed by atoms with Gasteiger partial charge in [0.15, 0.2) is 5.11 Å². The Balaban J connectivity index is 1.52. The summed E-state index contributed by atoms with van der Waals surface area (Å²) in [5, 5.41) is 8.52. The number of furan rings is 1. The maximum atomic E-state index is 12.2. The number of anilines is 1. The van der Waals surface area contributed by atoms with E-state index < -0.39 is 0 Å². The van der Waals surface area contributed by atoms with Gasteiger partial charge in [-0.05, 0) is 89.4 Å². The van der Waals surface area contributed by atoms with Crippen LogP contribution < -0.4 is 16.0 Å². The topological polar surface area (TPSA) is 83.4 Å². The summed E-state index contributed by atoms with van der Waals surface area (Å²) in [5.41, 5.74) is 1.70. The quantitative estimate of drug-likeness (QED) is 0.362. The Labute approximate surface area is 180 Å². The van der Waals surface area contributed by atoms with Crippen molar-refractivity contribution in [2.24, 2.45) is 0 Å². The van der Waals surface area contributed by atoms with Crippen molar-refractivity contribution in [3.05, 3.63) is 87.4 Å². The number of nitrogens with one attached hydrogen (secondary N) is 3. The van der Waals surface area contributed by atoms with Crippen molar-refractivity contribution in [3.63, 3.8) is 0 Å². The molecule has 0 unspecified atom stereocenters. The highest BCUT2D eigenvalue weighted by Gasteiger charge is 2.09. The number of benzene rings is 2. The molecule has 0 spiro atoms. The molecule has 0 aliphatic heterocycles. The van der Waals surface area contributed by atoms with Gasteiger partial charge in [0.05, 0.1) is 12.8 Å². The first-order chi connectivity index (χ1) is 13.5. The standard InChI is InChI=1S/C20H16IN3O3S/c21-15-4-1-3-14(11-15)19(26)24-20(28)23-16-8-6-13(7-9-16)18(25)22-12-17-5-2-10-27-17/h1-11H,12H2,(H,22,25)(H2,23,24,26,28). The Kier molecular flexibility index (Phi) is 6.77. The number of hydrogen-bond acceptors (Lipinski definition) is 4. The lowest BCUT2D eigenvalue weighted by atomic mass is 10.2. The molecule has 0 aliphatic rings. The third kappa shape index (κ3) is 5.64. The average molecular weight is 505 g/mol. The molecule has 2 aromatic carbocycles. The molecular weight excluding hydrogens is 489 g/mol. The lowest BCUT2D eigenvalue weighted by molar-refractivity contribution is 0.0946. The highest BCUT2D eigenvalue weighted by Crippen LogP contribution is 2.11. The van der Waals surface area contributed by atoms with Crippen molar-refractivity contribution >= 4 is 57.4 Å². The van der Waals surface area contributed by atoms with Crippen LogP contribution in [0, 0.1) is 3.57 Å². The minimum atomic E-state index is -0.287. The van der Waals surface area contributed by atoms with Gasteiger partial charge >= 0.3 is 0 Å². The van der Waals surface area contributed by atoms with Gasteiger partial charge in [0.1, 0.15) is 5.76 Å². The smallest absolute Gasteiger partial charge is 0.257 e. The molecule has 3 aromatic rings. The molecule has 0 bridgehead atoms. The van der Waals surface area contributed by atoms with Crippen molar-refractivity contribution in [2.75, 3.05) is 5.32 Å². The molecule has 28 heavy (non-hydrogen) atoms. The predicted molar refractivity (Wildman–Crippen MR) is 119 cm³/mol. The van der Waals surface area contributed by atoms with Gasteiger partial charge in [-0.15, -0.1) is 0 Å². The molecule has 6 nitrogen and oxygen atoms in total. The van der Waals surface area contributed by atoms with Gasteiger partial charge in [0.25, 0.3) is 11.8 Å². The normalized spacial score (nSPS) is 10.2. The van der Waals surface area contributed by atoms with Gasteiger partial charge in [0.2, 0.25) is 0 Å². The molecule has 8 heteroatoms. The van der Waals surface area contributed by atoms with Gasteiger partial charge in [-0.1, -0.05) is 6.07 Å². The van der Waals surface area contributed by atoms with Crippen molar-refractivity contribution in [2.45, 2.75) is 6.54 Å². The summed E-state index contributed by atoms with van der Waals surface area (Å²) >= 11 is 7.32. The monoisotopic (exact) mass is 505 g/mol. The van der Waals surface area contributed by atoms with E-state index >= 15 is 0 Å². The van der Waals surface area contributed by atoms with E-state index in [0.717, 1.165) is 3.57 Å². The largest absolute Gasteiger partial charge is 0.467 e. The van der Waals surface area contributed by atoms with Crippen LogP contribution in [0.4, 0.5) is 5.69 Å². The molecule has 0 saturated heterocycles. The van der Waals surface area contributed by atoms with Crippen LogP contribution in [-0.4, -0.2) is 16.9 Å². The van der Waals surface area contributed by atoms with Crippen molar-refractivity contribution in [1.29, 1.82) is 0 Å². The van der Waals surface area contributed by atoms with Crippen LogP contribution in [0.3, 0.4) is 0 Å². The molecule has 0 aliphatic carbocycles. The summed E-state index contributed by atoms with van der Waals surface area (Å²) < 4.78 is 6.14. The second kappa shape index (κ2) is 9.47. The van der Waals surface area contributed by atoms with E-state index in [1.165, 1.54) is 0 Å². The highest BCUT2D eigenvalue weighted by atomic mass is 127. The summed E-state index contributed by atoms with van der Waals surface area (Å²) in [6.45, 7) is 0.320. The molecule has 0 atom stereocenters. The van der Waals surface area contributed by atoms with Crippen LogP contribution in [-0.2, 0) is 6.54 Å². The molecule has 2 amide bonds. The van der Waals surface area contributed by atoms with E-state index in [1.54, 1.807) is 54.8 Å². The van der Waals surface area contributed by atoms with Crippen LogP contribution in [0.5, 0.6) is 0 Å². The van der Waals surface area contributed by atoms with Crippen molar-refractivity contribution in [3.8, 4) is 0 Å². The summed E-state index contributed by atoms with van der Waals surface area (Å²) in [5.74, 6) is 0.184. The lowest BCUT2D eigenvalue weighted by Gasteiger charge is -2.10. The first-order valence-electron chi connectivity index (χ1n) is 8.30. The number of halogens is 1. The first-order valence-corrected chi connectivity index (χ1v) is 9.78. The fourth-order valence-electron chi connectivity index (χ4n) is 2.35. The van der Waals surface area contributed by atoms with E-state index in [4.69, 9.17) is 16.6 Å². The number of thiocarbonyl (C=S) groups is 1. The van der Waals surface area contributed by atoms with E-state index in [1.807, 2.05) is 12.1 Å². The molecule has 142 valence electrons. The van der Waals surface area contributed by atoms with Crippen LogP contribution in [0.1, 0.15) is 26.5 Å². The van der Waals surface area contributed by atoms with Gasteiger partial charge in [-0.2, -0.15) is 0 Å². The van der Waals surface area contributed by atoms with Gasteiger partial charge in [0, 0.05) is 20.4 Å². The Hall–Kier alpha value is -2.72. The molecule has 1 heterocycles. The fraction of sp³-hybridized carbons (Fsp3) is 0.0500. The second-order valence-electron chi connectivity index (χ2n) is 5.76. The van der Waals surface area contributed by atoms with E-state index in [0.29, 0.717) is 29.1 Å². The third-order valence-electron chi connectivity index (χ3n) is 3.72. The Bertz CT molecular complexity index is 988. The summed E-state index contributed by atoms with van der Waals surface area (Å²) in [6.07, 6.45) is 1.56. The number of rotatable bonds is 5. The minimum absolute atomic E-state index is 0.180. The van der Waals surface area contributed by atoms with Crippen LogP contribution in [0.2, 0.25) is 0 Å². The summed E-state index contributed by atoms with van der Waals surface area (Å²) in [6, 6.07) is 17.5. The number of carbonyl (C=O) groups is 2. The SMILES string of the molecule is O=C(NCc1ccco1)c1ccc(NC(=S)NC(=O)c2cccc(I)c2)cc1. The van der Waals surface area contributed by atoms with Crippen LogP contribution >= 0.6 is 34.8 Å². The zero-order chi connectivity index (χ0) is 19.9. The molecular formula is C20H16IN3O3S. The third-order valence-corrected chi connectivity index (χ3v) is 4.60. The second-order valence-corrected chi connectivity index (χ2v) is 7.41. The van der Waals surface area contributed by atoms with Gasteiger partial charge < -0.3 is 15.1 Å². The maximum Gasteiger partial charge on any atom is 0.257 e. The summed E-state index contributed by atoms with van der Waals surface area (Å²) in [4.78, 5) is 24.4. The molecule has 1 aromatic heterocycles. The summed E-state index contributed by atoms with van der Waals surface area (Å²) in [7, 11) is 0. The Morgan fingerprint density at radius 2 is 1.75 bits per heavy atom. The van der Waals surface area contributed by atoms with Gasteiger partial charge in [-0.3, -0.25) is 14.9 Å². The fourth-order valence-corrected chi connectivity index (χ4v) is 3.11.